The molecule has 0 saturated heterocycles. The molecule has 0 atom stereocenters. The van der Waals surface area contributed by atoms with Crippen LogP contribution < -0.4 is 16.2 Å². The number of hydrazine groups is 1. The Labute approximate surface area is 122 Å². The molecule has 0 heterocycles. The van der Waals surface area contributed by atoms with Crippen molar-refractivity contribution in [3.63, 3.8) is 0 Å². The maximum absolute atomic E-state index is 5.71. The number of nitrogens with zero attached hydrogens (tertiary/aromatic N) is 2. The van der Waals surface area contributed by atoms with Crippen LogP contribution in [0, 0.1) is 6.92 Å². The van der Waals surface area contributed by atoms with E-state index in [2.05, 4.69) is 48.4 Å². The Bertz CT molecular complexity index is 432. The summed E-state index contributed by atoms with van der Waals surface area (Å²) in [6.45, 7) is 5.06. The maximum Gasteiger partial charge on any atom is 0.213 e. The van der Waals surface area contributed by atoms with E-state index in [0.29, 0.717) is 6.04 Å². The summed E-state index contributed by atoms with van der Waals surface area (Å²) in [7, 11) is 0. The summed E-state index contributed by atoms with van der Waals surface area (Å²) in [4.78, 5) is 6.96. The molecule has 1 saturated carbocycles. The third kappa shape index (κ3) is 3.73. The van der Waals surface area contributed by atoms with Gasteiger partial charge in [0, 0.05) is 12.2 Å². The first-order chi connectivity index (χ1) is 9.74. The summed E-state index contributed by atoms with van der Waals surface area (Å²) in [5, 5.41) is 0. The van der Waals surface area contributed by atoms with Crippen molar-refractivity contribution >= 4 is 11.6 Å². The standard InChI is InChI=1S/C16H26N4/c1-3-20(15-11-9-13(2)10-12-15)16(19-17)18-14-7-5-4-6-8-14/h9-12,14H,3-8,17H2,1-2H3,(H,18,19). The summed E-state index contributed by atoms with van der Waals surface area (Å²) in [5.41, 5.74) is 5.18. The van der Waals surface area contributed by atoms with E-state index in [9.17, 15) is 0 Å². The average Bonchev–Trinajstić information content (AvgIpc) is 2.49. The van der Waals surface area contributed by atoms with Crippen LogP contribution in [0.1, 0.15) is 44.6 Å². The number of anilines is 1. The molecular formula is C16H26N4. The van der Waals surface area contributed by atoms with E-state index in [1.165, 1.54) is 37.7 Å². The van der Waals surface area contributed by atoms with Crippen molar-refractivity contribution in [1.29, 1.82) is 0 Å². The highest BCUT2D eigenvalue weighted by Crippen LogP contribution is 2.21. The summed E-state index contributed by atoms with van der Waals surface area (Å²) in [5.74, 6) is 6.49. The van der Waals surface area contributed by atoms with E-state index in [-0.39, 0.29) is 0 Å². The average molecular weight is 274 g/mol. The lowest BCUT2D eigenvalue weighted by molar-refractivity contribution is 0.442. The highest BCUT2D eigenvalue weighted by Gasteiger charge is 2.16. The van der Waals surface area contributed by atoms with Crippen LogP contribution in [0.25, 0.3) is 0 Å². The maximum atomic E-state index is 5.71. The van der Waals surface area contributed by atoms with Crippen LogP contribution >= 0.6 is 0 Å². The second-order valence-corrected chi connectivity index (χ2v) is 5.47. The van der Waals surface area contributed by atoms with Crippen LogP contribution in [0.4, 0.5) is 5.69 Å². The number of aryl methyl sites for hydroxylation is 1. The molecule has 0 aliphatic heterocycles. The molecule has 4 heteroatoms. The minimum absolute atomic E-state index is 0.411. The highest BCUT2D eigenvalue weighted by molar-refractivity contribution is 5.95. The number of aliphatic imine (C=N–C) groups is 1. The van der Waals surface area contributed by atoms with Crippen LogP contribution in [-0.4, -0.2) is 18.5 Å². The van der Waals surface area contributed by atoms with E-state index >= 15 is 0 Å². The number of benzene rings is 1. The molecule has 1 aromatic rings. The van der Waals surface area contributed by atoms with Gasteiger partial charge in [0.05, 0.1) is 6.04 Å². The summed E-state index contributed by atoms with van der Waals surface area (Å²) in [6, 6.07) is 8.88. The fourth-order valence-electron chi connectivity index (χ4n) is 2.75. The molecule has 1 aliphatic rings. The van der Waals surface area contributed by atoms with E-state index in [4.69, 9.17) is 10.8 Å². The second-order valence-electron chi connectivity index (χ2n) is 5.47. The van der Waals surface area contributed by atoms with Crippen molar-refractivity contribution in [3.8, 4) is 0 Å². The zero-order valence-electron chi connectivity index (χ0n) is 12.6. The molecule has 20 heavy (non-hydrogen) atoms. The molecule has 1 aromatic carbocycles. The monoisotopic (exact) mass is 274 g/mol. The lowest BCUT2D eigenvalue weighted by atomic mass is 9.96. The third-order valence-electron chi connectivity index (χ3n) is 3.93. The molecule has 0 amide bonds. The zero-order valence-corrected chi connectivity index (χ0v) is 12.6. The lowest BCUT2D eigenvalue weighted by Gasteiger charge is -2.27. The molecule has 0 bridgehead atoms. The SMILES string of the molecule is CCN(C(=NC1CCCCC1)NN)c1ccc(C)cc1. The molecule has 3 N–H and O–H groups in total. The fourth-order valence-corrected chi connectivity index (χ4v) is 2.75. The number of nitrogens with two attached hydrogens (primary N) is 1. The Kier molecular flexibility index (Phi) is 5.41. The topological polar surface area (TPSA) is 53.6 Å². The van der Waals surface area contributed by atoms with Crippen molar-refractivity contribution in [2.75, 3.05) is 11.4 Å². The van der Waals surface area contributed by atoms with Gasteiger partial charge in [-0.1, -0.05) is 37.0 Å². The van der Waals surface area contributed by atoms with Gasteiger partial charge in [-0.2, -0.15) is 0 Å². The van der Waals surface area contributed by atoms with Gasteiger partial charge < -0.3 is 4.90 Å². The van der Waals surface area contributed by atoms with Gasteiger partial charge in [0.15, 0.2) is 0 Å². The Morgan fingerprint density at radius 2 is 1.90 bits per heavy atom. The van der Waals surface area contributed by atoms with Crippen LogP contribution in [0.15, 0.2) is 29.3 Å². The Morgan fingerprint density at radius 3 is 2.45 bits per heavy atom. The van der Waals surface area contributed by atoms with E-state index in [0.717, 1.165) is 18.2 Å². The first-order valence-electron chi connectivity index (χ1n) is 7.63. The van der Waals surface area contributed by atoms with Crippen molar-refractivity contribution < 1.29 is 0 Å². The molecule has 1 fully saturated rings. The predicted octanol–water partition coefficient (Wildman–Crippen LogP) is 2.97. The van der Waals surface area contributed by atoms with Gasteiger partial charge in [-0.25, -0.2) is 10.8 Å². The molecular weight excluding hydrogens is 248 g/mol. The van der Waals surface area contributed by atoms with Gasteiger partial charge in [0.2, 0.25) is 5.96 Å². The summed E-state index contributed by atoms with van der Waals surface area (Å²) in [6.07, 6.45) is 6.26. The molecule has 0 aromatic heterocycles. The van der Waals surface area contributed by atoms with Gasteiger partial charge in [-0.05, 0) is 38.8 Å². The highest BCUT2D eigenvalue weighted by atomic mass is 15.4. The van der Waals surface area contributed by atoms with Crippen LogP contribution in [-0.2, 0) is 0 Å². The molecule has 110 valence electrons. The molecule has 1 aliphatic carbocycles. The van der Waals surface area contributed by atoms with Crippen LogP contribution in [0.5, 0.6) is 0 Å². The summed E-state index contributed by atoms with van der Waals surface area (Å²) < 4.78 is 0. The Morgan fingerprint density at radius 1 is 1.25 bits per heavy atom. The number of hydrogen-bond donors (Lipinski definition) is 2. The van der Waals surface area contributed by atoms with E-state index in [1.807, 2.05) is 0 Å². The Hall–Kier alpha value is -1.55. The third-order valence-corrected chi connectivity index (χ3v) is 3.93. The van der Waals surface area contributed by atoms with Crippen molar-refractivity contribution in [2.45, 2.75) is 52.0 Å². The number of guanidine groups is 1. The van der Waals surface area contributed by atoms with E-state index < -0.39 is 0 Å². The van der Waals surface area contributed by atoms with Gasteiger partial charge in [0.1, 0.15) is 0 Å². The van der Waals surface area contributed by atoms with Gasteiger partial charge >= 0.3 is 0 Å². The minimum Gasteiger partial charge on any atom is -0.312 e. The van der Waals surface area contributed by atoms with Gasteiger partial charge in [-0.3, -0.25) is 5.43 Å². The lowest BCUT2D eigenvalue weighted by Crippen LogP contribution is -2.45. The summed E-state index contributed by atoms with van der Waals surface area (Å²) >= 11 is 0. The second kappa shape index (κ2) is 7.29. The van der Waals surface area contributed by atoms with Crippen molar-refractivity contribution in [2.24, 2.45) is 10.8 Å². The quantitative estimate of drug-likeness (QED) is 0.385. The first-order valence-corrected chi connectivity index (χ1v) is 7.63. The number of nitrogens with one attached hydrogen (secondary N) is 1. The molecule has 2 rings (SSSR count). The largest absolute Gasteiger partial charge is 0.312 e. The van der Waals surface area contributed by atoms with Gasteiger partial charge in [0.25, 0.3) is 0 Å². The number of rotatable bonds is 3. The first kappa shape index (κ1) is 14.9. The van der Waals surface area contributed by atoms with Gasteiger partial charge in [-0.15, -0.1) is 0 Å². The minimum atomic E-state index is 0.411. The molecule has 0 unspecified atom stereocenters. The van der Waals surface area contributed by atoms with Crippen molar-refractivity contribution in [3.05, 3.63) is 29.8 Å². The van der Waals surface area contributed by atoms with Crippen molar-refractivity contribution in [1.82, 2.24) is 5.43 Å². The van der Waals surface area contributed by atoms with Crippen LogP contribution in [0.3, 0.4) is 0 Å². The normalized spacial score (nSPS) is 17.1. The predicted molar refractivity (Wildman–Crippen MR) is 85.8 cm³/mol. The fraction of sp³-hybridized carbons (Fsp3) is 0.562. The molecule has 0 radical (unpaired) electrons. The van der Waals surface area contributed by atoms with E-state index in [1.54, 1.807) is 0 Å². The molecule has 4 nitrogen and oxygen atoms in total. The molecule has 0 spiro atoms. The Balaban J connectivity index is 2.17. The zero-order chi connectivity index (χ0) is 14.4. The van der Waals surface area contributed by atoms with Crippen LogP contribution in [0.2, 0.25) is 0 Å². The smallest absolute Gasteiger partial charge is 0.213 e. The number of hydrogen-bond acceptors (Lipinski definition) is 2.